The first-order chi connectivity index (χ1) is 10.9. The molecule has 0 aliphatic carbocycles. The Morgan fingerprint density at radius 3 is 3.00 bits per heavy atom. The Balaban J connectivity index is 1.69. The second-order valence-electron chi connectivity index (χ2n) is 5.66. The fourth-order valence-electron chi connectivity index (χ4n) is 3.11. The molecule has 22 heavy (non-hydrogen) atoms. The summed E-state index contributed by atoms with van der Waals surface area (Å²) in [6.07, 6.45) is 6.15. The van der Waals surface area contributed by atoms with E-state index in [2.05, 4.69) is 33.8 Å². The normalized spacial score (nSPS) is 21.5. The monoisotopic (exact) mass is 297 g/mol. The molecule has 1 saturated heterocycles. The number of para-hydroxylation sites is 1. The molecule has 1 aliphatic rings. The molecule has 116 valence electrons. The summed E-state index contributed by atoms with van der Waals surface area (Å²) in [5.41, 5.74) is 2.44. The van der Waals surface area contributed by atoms with Crippen molar-refractivity contribution < 1.29 is 4.74 Å². The Hall–Kier alpha value is -1.91. The van der Waals surface area contributed by atoms with E-state index in [0.717, 1.165) is 18.8 Å². The van der Waals surface area contributed by atoms with Gasteiger partial charge < -0.3 is 15.4 Å². The minimum atomic E-state index is 0.317. The summed E-state index contributed by atoms with van der Waals surface area (Å²) in [5, 5.41) is 7.31. The topological polar surface area (TPSA) is 46.2 Å². The van der Waals surface area contributed by atoms with Gasteiger partial charge in [0.1, 0.15) is 5.75 Å². The summed E-state index contributed by atoms with van der Waals surface area (Å²) in [4.78, 5) is 4.25. The second kappa shape index (κ2) is 7.38. The molecule has 1 aromatic carbocycles. The number of hydrogen-bond donors (Lipinski definition) is 2. The number of ether oxygens (including phenoxy) is 1. The molecular weight excluding hydrogens is 274 g/mol. The fourth-order valence-corrected chi connectivity index (χ4v) is 3.11. The summed E-state index contributed by atoms with van der Waals surface area (Å²) in [6, 6.07) is 13.0. The fraction of sp³-hybridized carbons (Fsp3) is 0.389. The van der Waals surface area contributed by atoms with Gasteiger partial charge in [-0.15, -0.1) is 0 Å². The zero-order valence-corrected chi connectivity index (χ0v) is 13.0. The highest BCUT2D eigenvalue weighted by atomic mass is 16.5. The molecule has 0 spiro atoms. The molecular formula is C18H23N3O. The van der Waals surface area contributed by atoms with Crippen molar-refractivity contribution in [1.29, 1.82) is 0 Å². The summed E-state index contributed by atoms with van der Waals surface area (Å²) in [5.74, 6) is 0.941. The lowest BCUT2D eigenvalue weighted by molar-refractivity contribution is 0.302. The van der Waals surface area contributed by atoms with Crippen LogP contribution in [0.2, 0.25) is 0 Å². The van der Waals surface area contributed by atoms with Crippen LogP contribution in [0.15, 0.2) is 48.8 Å². The van der Waals surface area contributed by atoms with Gasteiger partial charge >= 0.3 is 0 Å². The first-order valence-corrected chi connectivity index (χ1v) is 7.87. The van der Waals surface area contributed by atoms with Crippen LogP contribution < -0.4 is 15.4 Å². The number of nitrogens with one attached hydrogen (secondary N) is 2. The number of benzene rings is 1. The van der Waals surface area contributed by atoms with Crippen molar-refractivity contribution >= 4 is 0 Å². The van der Waals surface area contributed by atoms with Gasteiger partial charge in [-0.25, -0.2) is 0 Å². The van der Waals surface area contributed by atoms with Crippen molar-refractivity contribution in [2.45, 2.75) is 31.5 Å². The number of nitrogens with zero attached hydrogens (tertiary/aromatic N) is 1. The molecule has 0 bridgehead atoms. The number of piperidine rings is 1. The van der Waals surface area contributed by atoms with E-state index in [1.165, 1.54) is 24.0 Å². The van der Waals surface area contributed by atoms with Crippen molar-refractivity contribution in [2.75, 3.05) is 13.7 Å². The van der Waals surface area contributed by atoms with Crippen molar-refractivity contribution in [3.63, 3.8) is 0 Å². The quantitative estimate of drug-likeness (QED) is 0.891. The van der Waals surface area contributed by atoms with Crippen LogP contribution in [0.1, 0.15) is 30.0 Å². The highest BCUT2D eigenvalue weighted by Gasteiger charge is 2.25. The maximum Gasteiger partial charge on any atom is 0.123 e. The number of pyridine rings is 1. The van der Waals surface area contributed by atoms with Crippen LogP contribution in [0, 0.1) is 0 Å². The SMILES string of the molecule is COc1ccccc1CN[C@H]1CCCN[C@H]1c1cccnc1. The van der Waals surface area contributed by atoms with Gasteiger partial charge in [-0.05, 0) is 37.1 Å². The van der Waals surface area contributed by atoms with Crippen LogP contribution >= 0.6 is 0 Å². The van der Waals surface area contributed by atoms with E-state index < -0.39 is 0 Å². The van der Waals surface area contributed by atoms with E-state index in [4.69, 9.17) is 4.74 Å². The number of methoxy groups -OCH3 is 1. The summed E-state index contributed by atoms with van der Waals surface area (Å²) in [6.45, 7) is 1.87. The van der Waals surface area contributed by atoms with Crippen molar-refractivity contribution in [3.8, 4) is 5.75 Å². The molecule has 4 nitrogen and oxygen atoms in total. The number of rotatable bonds is 5. The average molecular weight is 297 g/mol. The third kappa shape index (κ3) is 3.46. The van der Waals surface area contributed by atoms with Gasteiger partial charge in [-0.2, -0.15) is 0 Å². The smallest absolute Gasteiger partial charge is 0.123 e. The molecule has 0 saturated carbocycles. The summed E-state index contributed by atoms with van der Waals surface area (Å²) >= 11 is 0. The van der Waals surface area contributed by atoms with E-state index in [0.29, 0.717) is 12.1 Å². The zero-order valence-electron chi connectivity index (χ0n) is 13.0. The zero-order chi connectivity index (χ0) is 15.2. The number of hydrogen-bond acceptors (Lipinski definition) is 4. The molecule has 1 aliphatic heterocycles. The Labute approximate surface area is 131 Å². The maximum absolute atomic E-state index is 5.43. The Bertz CT molecular complexity index is 588. The van der Waals surface area contributed by atoms with Crippen LogP contribution in [0.3, 0.4) is 0 Å². The highest BCUT2D eigenvalue weighted by molar-refractivity contribution is 5.33. The molecule has 0 radical (unpaired) electrons. The van der Waals surface area contributed by atoms with Gasteiger partial charge in [-0.1, -0.05) is 24.3 Å². The Morgan fingerprint density at radius 1 is 1.27 bits per heavy atom. The van der Waals surface area contributed by atoms with E-state index in [1.807, 2.05) is 30.6 Å². The molecule has 3 rings (SSSR count). The lowest BCUT2D eigenvalue weighted by Crippen LogP contribution is -2.45. The largest absolute Gasteiger partial charge is 0.496 e. The van der Waals surface area contributed by atoms with Crippen LogP contribution in [-0.2, 0) is 6.54 Å². The van der Waals surface area contributed by atoms with Gasteiger partial charge in [0.2, 0.25) is 0 Å². The van der Waals surface area contributed by atoms with Gasteiger partial charge in [0.15, 0.2) is 0 Å². The van der Waals surface area contributed by atoms with Gasteiger partial charge in [-0.3, -0.25) is 4.98 Å². The highest BCUT2D eigenvalue weighted by Crippen LogP contribution is 2.24. The first kappa shape index (κ1) is 15.0. The Morgan fingerprint density at radius 2 is 2.18 bits per heavy atom. The molecule has 2 aromatic rings. The van der Waals surface area contributed by atoms with Gasteiger partial charge in [0.25, 0.3) is 0 Å². The molecule has 2 atom stereocenters. The van der Waals surface area contributed by atoms with Gasteiger partial charge in [0, 0.05) is 36.6 Å². The summed E-state index contributed by atoms with van der Waals surface area (Å²) in [7, 11) is 1.72. The Kier molecular flexibility index (Phi) is 5.03. The molecule has 0 unspecified atom stereocenters. The molecule has 1 aromatic heterocycles. The first-order valence-electron chi connectivity index (χ1n) is 7.87. The van der Waals surface area contributed by atoms with Crippen molar-refractivity contribution in [2.24, 2.45) is 0 Å². The third-order valence-corrected chi connectivity index (χ3v) is 4.25. The summed E-state index contributed by atoms with van der Waals surface area (Å²) < 4.78 is 5.43. The van der Waals surface area contributed by atoms with Crippen molar-refractivity contribution in [3.05, 3.63) is 59.9 Å². The predicted octanol–water partition coefficient (Wildman–Crippen LogP) is 2.67. The molecule has 2 N–H and O–H groups in total. The second-order valence-corrected chi connectivity index (χ2v) is 5.66. The van der Waals surface area contributed by atoms with Gasteiger partial charge in [0.05, 0.1) is 7.11 Å². The van der Waals surface area contributed by atoms with E-state index in [-0.39, 0.29) is 0 Å². The van der Waals surface area contributed by atoms with Crippen molar-refractivity contribution in [1.82, 2.24) is 15.6 Å². The molecule has 1 fully saturated rings. The van der Waals surface area contributed by atoms with E-state index in [1.54, 1.807) is 7.11 Å². The third-order valence-electron chi connectivity index (χ3n) is 4.25. The van der Waals surface area contributed by atoms with Crippen LogP contribution in [0.4, 0.5) is 0 Å². The van der Waals surface area contributed by atoms with Crippen LogP contribution in [0.25, 0.3) is 0 Å². The van der Waals surface area contributed by atoms with Crippen LogP contribution in [0.5, 0.6) is 5.75 Å². The van der Waals surface area contributed by atoms with E-state index >= 15 is 0 Å². The predicted molar refractivity (Wildman–Crippen MR) is 87.8 cm³/mol. The van der Waals surface area contributed by atoms with E-state index in [9.17, 15) is 0 Å². The van der Waals surface area contributed by atoms with Crippen LogP contribution in [-0.4, -0.2) is 24.7 Å². The lowest BCUT2D eigenvalue weighted by Gasteiger charge is -2.33. The molecule has 0 amide bonds. The average Bonchev–Trinajstić information content (AvgIpc) is 2.61. The minimum Gasteiger partial charge on any atom is -0.496 e. The molecule has 4 heteroatoms. The maximum atomic E-state index is 5.43. The standard InChI is InChI=1S/C18H23N3O/c1-22-17-9-3-2-6-14(17)13-21-16-8-5-11-20-18(16)15-7-4-10-19-12-15/h2-4,6-7,9-10,12,16,18,20-21H,5,8,11,13H2,1H3/t16-,18-/m0/s1. The molecule has 2 heterocycles. The lowest BCUT2D eigenvalue weighted by atomic mass is 9.93. The minimum absolute atomic E-state index is 0.317. The number of aromatic nitrogens is 1.